The van der Waals surface area contributed by atoms with E-state index in [0.717, 1.165) is 17.3 Å². The minimum Gasteiger partial charge on any atom is -0.545 e. The van der Waals surface area contributed by atoms with Crippen LogP contribution >= 0.6 is 0 Å². The van der Waals surface area contributed by atoms with Gasteiger partial charge in [0, 0.05) is 18.6 Å². The molecule has 0 aromatic carbocycles. The first-order valence-electron chi connectivity index (χ1n) is 5.67. The molecule has 0 saturated carbocycles. The molecular weight excluding hydrogens is 240 g/mol. The van der Waals surface area contributed by atoms with Crippen LogP contribution in [0.25, 0.3) is 18.2 Å². The fourth-order valence-electron chi connectivity index (χ4n) is 1.43. The zero-order valence-electron chi connectivity index (χ0n) is 10.1. The molecule has 0 radical (unpaired) electrons. The molecule has 0 N–H and O–H groups in total. The second kappa shape index (κ2) is 6.26. The van der Waals surface area contributed by atoms with Crippen molar-refractivity contribution >= 4 is 24.2 Å². The van der Waals surface area contributed by atoms with E-state index >= 15 is 0 Å². The molecule has 94 valence electrons. The van der Waals surface area contributed by atoms with Gasteiger partial charge in [0.2, 0.25) is 0 Å². The molecule has 0 aliphatic heterocycles. The molecule has 0 atom stereocenters. The molecule has 19 heavy (non-hydrogen) atoms. The molecule has 0 fully saturated rings. The summed E-state index contributed by atoms with van der Waals surface area (Å²) in [5.41, 5.74) is 2.49. The van der Waals surface area contributed by atoms with Crippen LogP contribution in [0, 0.1) is 0 Å². The van der Waals surface area contributed by atoms with Crippen LogP contribution in [0.1, 0.15) is 16.8 Å². The number of hydrogen-bond acceptors (Lipinski definition) is 4. The summed E-state index contributed by atoms with van der Waals surface area (Å²) in [7, 11) is 0. The first kappa shape index (κ1) is 12.7. The van der Waals surface area contributed by atoms with Gasteiger partial charge in [-0.15, -0.1) is 0 Å². The van der Waals surface area contributed by atoms with Gasteiger partial charge < -0.3 is 9.90 Å². The zero-order chi connectivity index (χ0) is 13.5. The predicted molar refractivity (Wildman–Crippen MR) is 71.4 cm³/mol. The first-order chi connectivity index (χ1) is 9.24. The third kappa shape index (κ3) is 4.20. The standard InChI is InChI=1S/C15H12N2O2/c18-15(19)8-5-13-4-7-14(17-11-13)6-3-12-2-1-9-16-10-12/h1-11H,(H,18,19)/p-1/b6-3+,8-5+. The lowest BCUT2D eigenvalue weighted by Crippen LogP contribution is -2.18. The minimum atomic E-state index is -1.22. The van der Waals surface area contributed by atoms with Crippen LogP contribution < -0.4 is 5.11 Å². The van der Waals surface area contributed by atoms with Crippen molar-refractivity contribution in [3.63, 3.8) is 0 Å². The van der Waals surface area contributed by atoms with Crippen molar-refractivity contribution in [2.45, 2.75) is 0 Å². The summed E-state index contributed by atoms with van der Waals surface area (Å²) in [4.78, 5) is 18.5. The second-order valence-corrected chi connectivity index (χ2v) is 3.79. The molecule has 0 amide bonds. The first-order valence-corrected chi connectivity index (χ1v) is 5.67. The summed E-state index contributed by atoms with van der Waals surface area (Å²) in [5.74, 6) is -1.22. The number of aromatic nitrogens is 2. The van der Waals surface area contributed by atoms with Gasteiger partial charge >= 0.3 is 0 Å². The van der Waals surface area contributed by atoms with E-state index in [1.165, 1.54) is 6.08 Å². The Hall–Kier alpha value is -2.75. The quantitative estimate of drug-likeness (QED) is 0.770. The maximum absolute atomic E-state index is 10.3. The van der Waals surface area contributed by atoms with Gasteiger partial charge in [-0.25, -0.2) is 0 Å². The van der Waals surface area contributed by atoms with Crippen molar-refractivity contribution in [1.29, 1.82) is 0 Å². The summed E-state index contributed by atoms with van der Waals surface area (Å²) in [5, 5.41) is 10.3. The van der Waals surface area contributed by atoms with E-state index in [4.69, 9.17) is 0 Å². The van der Waals surface area contributed by atoms with Crippen LogP contribution in [0.4, 0.5) is 0 Å². The summed E-state index contributed by atoms with van der Waals surface area (Å²) < 4.78 is 0. The minimum absolute atomic E-state index is 0.711. The van der Waals surface area contributed by atoms with Gasteiger partial charge in [-0.05, 0) is 35.4 Å². The van der Waals surface area contributed by atoms with E-state index in [2.05, 4.69) is 9.97 Å². The van der Waals surface area contributed by atoms with E-state index in [9.17, 15) is 9.90 Å². The lowest BCUT2D eigenvalue weighted by molar-refractivity contribution is -0.297. The molecule has 0 unspecified atom stereocenters. The summed E-state index contributed by atoms with van der Waals surface area (Å²) >= 11 is 0. The highest BCUT2D eigenvalue weighted by atomic mass is 16.4. The molecule has 2 rings (SSSR count). The number of rotatable bonds is 4. The van der Waals surface area contributed by atoms with Gasteiger partial charge in [0.15, 0.2) is 0 Å². The molecule has 2 heterocycles. The average molecular weight is 251 g/mol. The van der Waals surface area contributed by atoms with Crippen molar-refractivity contribution < 1.29 is 9.90 Å². The van der Waals surface area contributed by atoms with Crippen LogP contribution in [-0.2, 0) is 4.79 Å². The highest BCUT2D eigenvalue weighted by Crippen LogP contribution is 2.07. The monoisotopic (exact) mass is 251 g/mol. The van der Waals surface area contributed by atoms with Crippen molar-refractivity contribution in [3.8, 4) is 0 Å². The smallest absolute Gasteiger partial charge is 0.0643 e. The number of carbonyl (C=O) groups excluding carboxylic acids is 1. The molecule has 4 heteroatoms. The Bertz CT molecular complexity index is 602. The van der Waals surface area contributed by atoms with Crippen molar-refractivity contribution in [2.75, 3.05) is 0 Å². The second-order valence-electron chi connectivity index (χ2n) is 3.79. The number of nitrogens with zero attached hydrogens (tertiary/aromatic N) is 2. The lowest BCUT2D eigenvalue weighted by Gasteiger charge is -1.96. The van der Waals surface area contributed by atoms with Crippen LogP contribution in [0.3, 0.4) is 0 Å². The molecule has 0 aliphatic carbocycles. The highest BCUT2D eigenvalue weighted by Gasteiger charge is 1.90. The third-order valence-corrected chi connectivity index (χ3v) is 2.35. The Morgan fingerprint density at radius 2 is 1.89 bits per heavy atom. The fraction of sp³-hybridized carbons (Fsp3) is 0. The highest BCUT2D eigenvalue weighted by molar-refractivity contribution is 5.83. The largest absolute Gasteiger partial charge is 0.545 e. The average Bonchev–Trinajstić information content (AvgIpc) is 2.45. The Kier molecular flexibility index (Phi) is 4.18. The predicted octanol–water partition coefficient (Wildman–Crippen LogP) is 1.41. The number of aliphatic carboxylic acids is 1. The van der Waals surface area contributed by atoms with Gasteiger partial charge in [-0.2, -0.15) is 0 Å². The van der Waals surface area contributed by atoms with Gasteiger partial charge in [0.1, 0.15) is 0 Å². The Morgan fingerprint density at radius 1 is 1.05 bits per heavy atom. The fourth-order valence-corrected chi connectivity index (χ4v) is 1.43. The third-order valence-electron chi connectivity index (χ3n) is 2.35. The lowest BCUT2D eigenvalue weighted by atomic mass is 10.2. The normalized spacial score (nSPS) is 11.2. The van der Waals surface area contributed by atoms with Gasteiger partial charge in [0.05, 0.1) is 11.7 Å². The molecule has 0 bridgehead atoms. The molecule has 4 nitrogen and oxygen atoms in total. The van der Waals surface area contributed by atoms with Crippen molar-refractivity contribution in [2.24, 2.45) is 0 Å². The van der Waals surface area contributed by atoms with Crippen molar-refractivity contribution in [1.82, 2.24) is 9.97 Å². The van der Waals surface area contributed by atoms with Crippen LogP contribution in [0.15, 0.2) is 48.9 Å². The number of hydrogen-bond donors (Lipinski definition) is 0. The molecule has 0 saturated heterocycles. The van der Waals surface area contributed by atoms with Crippen LogP contribution in [-0.4, -0.2) is 15.9 Å². The van der Waals surface area contributed by atoms with Gasteiger partial charge in [0.25, 0.3) is 0 Å². The SMILES string of the molecule is O=C([O-])/C=C/c1ccc(/C=C/c2cccnc2)nc1. The number of carbonyl (C=O) groups is 1. The summed E-state index contributed by atoms with van der Waals surface area (Å²) in [6, 6.07) is 7.40. The molecule has 0 spiro atoms. The summed E-state index contributed by atoms with van der Waals surface area (Å²) in [6.07, 6.45) is 11.3. The zero-order valence-corrected chi connectivity index (χ0v) is 10.1. The number of carboxylic acids is 1. The Morgan fingerprint density at radius 3 is 2.53 bits per heavy atom. The number of carboxylic acid groups (broad SMARTS) is 1. The maximum Gasteiger partial charge on any atom is 0.0643 e. The molecular formula is C15H11N2O2-. The van der Waals surface area contributed by atoms with Gasteiger partial charge in [-0.1, -0.05) is 24.3 Å². The maximum atomic E-state index is 10.3. The van der Waals surface area contributed by atoms with Gasteiger partial charge in [-0.3, -0.25) is 9.97 Å². The van der Waals surface area contributed by atoms with Crippen LogP contribution in [0.2, 0.25) is 0 Å². The van der Waals surface area contributed by atoms with E-state index < -0.39 is 5.97 Å². The molecule has 0 aliphatic rings. The molecule has 2 aromatic heterocycles. The summed E-state index contributed by atoms with van der Waals surface area (Å²) in [6.45, 7) is 0. The molecule has 2 aromatic rings. The van der Waals surface area contributed by atoms with E-state index in [1.807, 2.05) is 30.4 Å². The number of pyridine rings is 2. The van der Waals surface area contributed by atoms with E-state index in [0.29, 0.717) is 5.56 Å². The topological polar surface area (TPSA) is 65.9 Å². The van der Waals surface area contributed by atoms with E-state index in [1.54, 1.807) is 24.7 Å². The van der Waals surface area contributed by atoms with Crippen LogP contribution in [0.5, 0.6) is 0 Å². The van der Waals surface area contributed by atoms with E-state index in [-0.39, 0.29) is 0 Å². The Labute approximate surface area is 110 Å². The Balaban J connectivity index is 2.07. The van der Waals surface area contributed by atoms with Crippen molar-refractivity contribution in [3.05, 3.63) is 65.8 Å².